The van der Waals surface area contributed by atoms with Crippen LogP contribution in [0.2, 0.25) is 0 Å². The van der Waals surface area contributed by atoms with E-state index in [0.29, 0.717) is 0 Å². The molecule has 3 rings (SSSR count). The Labute approximate surface area is 101 Å². The van der Waals surface area contributed by atoms with Crippen LogP contribution < -0.4 is 0 Å². The molecule has 0 unspecified atom stereocenters. The fourth-order valence-electron chi connectivity index (χ4n) is 2.70. The maximum Gasteiger partial charge on any atom is 0.0905 e. The van der Waals surface area contributed by atoms with Gasteiger partial charge in [0.05, 0.1) is 11.5 Å². The third-order valence-electron chi connectivity index (χ3n) is 3.59. The van der Waals surface area contributed by atoms with Crippen molar-refractivity contribution in [1.82, 2.24) is 0 Å². The Hall–Kier alpha value is -2.07. The van der Waals surface area contributed by atoms with E-state index in [0.717, 1.165) is 12.8 Å². The van der Waals surface area contributed by atoms with Crippen LogP contribution >= 0.6 is 0 Å². The Morgan fingerprint density at radius 3 is 2.41 bits per heavy atom. The summed E-state index contributed by atoms with van der Waals surface area (Å²) in [6.45, 7) is 0. The van der Waals surface area contributed by atoms with E-state index in [1.165, 1.54) is 16.7 Å². The van der Waals surface area contributed by atoms with Gasteiger partial charge in [0.2, 0.25) is 0 Å². The molecule has 0 amide bonds. The largest absolute Gasteiger partial charge is 0.197 e. The minimum Gasteiger partial charge on any atom is -0.197 e. The predicted octanol–water partition coefficient (Wildman–Crippen LogP) is 3.25. The summed E-state index contributed by atoms with van der Waals surface area (Å²) in [5, 5.41) is 9.49. The van der Waals surface area contributed by atoms with Crippen LogP contribution in [0.4, 0.5) is 0 Å². The van der Waals surface area contributed by atoms with E-state index in [9.17, 15) is 5.26 Å². The summed E-state index contributed by atoms with van der Waals surface area (Å²) in [7, 11) is 0. The predicted molar refractivity (Wildman–Crippen MR) is 67.6 cm³/mol. The number of hydrogen-bond donors (Lipinski definition) is 0. The molecule has 82 valence electrons. The molecule has 0 saturated heterocycles. The first-order valence-electron chi connectivity index (χ1n) is 5.88. The zero-order valence-corrected chi connectivity index (χ0v) is 9.56. The summed E-state index contributed by atoms with van der Waals surface area (Å²) >= 11 is 0. The number of fused-ring (bicyclic) bond motifs is 1. The van der Waals surface area contributed by atoms with Gasteiger partial charge in [-0.05, 0) is 29.5 Å². The van der Waals surface area contributed by atoms with Crippen LogP contribution in [0.5, 0.6) is 0 Å². The zero-order valence-electron chi connectivity index (χ0n) is 9.56. The van der Waals surface area contributed by atoms with Crippen molar-refractivity contribution < 1.29 is 0 Å². The van der Waals surface area contributed by atoms with Gasteiger partial charge in [-0.1, -0.05) is 54.6 Å². The summed E-state index contributed by atoms with van der Waals surface area (Å²) in [5.74, 6) is 0. The summed E-state index contributed by atoms with van der Waals surface area (Å²) < 4.78 is 0. The average Bonchev–Trinajstić information content (AvgIpc) is 2.37. The van der Waals surface area contributed by atoms with Crippen LogP contribution in [0.15, 0.2) is 54.6 Å². The number of hydrogen-bond acceptors (Lipinski definition) is 1. The lowest BCUT2D eigenvalue weighted by Crippen LogP contribution is -2.39. The average molecular weight is 219 g/mol. The SMILES string of the molecule is N#C[C@@]1(Cc2ccccc2)Cc2ccccc21. The minimum atomic E-state index is -0.294. The van der Waals surface area contributed by atoms with Crippen molar-refractivity contribution in [3.63, 3.8) is 0 Å². The third-order valence-corrected chi connectivity index (χ3v) is 3.59. The van der Waals surface area contributed by atoms with Crippen LogP contribution in [0.25, 0.3) is 0 Å². The number of nitriles is 1. The van der Waals surface area contributed by atoms with E-state index in [4.69, 9.17) is 0 Å². The number of nitrogens with zero attached hydrogens (tertiary/aromatic N) is 1. The van der Waals surface area contributed by atoms with Gasteiger partial charge in [-0.3, -0.25) is 0 Å². The number of rotatable bonds is 2. The maximum absolute atomic E-state index is 9.49. The molecule has 0 N–H and O–H groups in total. The van der Waals surface area contributed by atoms with Gasteiger partial charge in [-0.25, -0.2) is 0 Å². The van der Waals surface area contributed by atoms with Crippen molar-refractivity contribution in [3.05, 3.63) is 71.3 Å². The Bertz CT molecular complexity index is 580. The minimum absolute atomic E-state index is 0.294. The molecule has 1 aliphatic carbocycles. The normalized spacial score (nSPS) is 21.1. The second-order valence-corrected chi connectivity index (χ2v) is 4.69. The molecule has 2 aromatic carbocycles. The molecule has 0 bridgehead atoms. The molecule has 0 aromatic heterocycles. The van der Waals surface area contributed by atoms with Crippen molar-refractivity contribution in [2.75, 3.05) is 0 Å². The van der Waals surface area contributed by atoms with E-state index >= 15 is 0 Å². The molecule has 1 atom stereocenters. The van der Waals surface area contributed by atoms with E-state index < -0.39 is 0 Å². The van der Waals surface area contributed by atoms with E-state index in [2.05, 4.69) is 30.3 Å². The molecular formula is C16H13N. The molecule has 1 heteroatoms. The quantitative estimate of drug-likeness (QED) is 0.760. The molecule has 0 aliphatic heterocycles. The van der Waals surface area contributed by atoms with E-state index in [-0.39, 0.29) is 5.41 Å². The van der Waals surface area contributed by atoms with Crippen LogP contribution in [-0.2, 0) is 18.3 Å². The van der Waals surface area contributed by atoms with Gasteiger partial charge in [0, 0.05) is 0 Å². The van der Waals surface area contributed by atoms with Crippen LogP contribution in [0.1, 0.15) is 16.7 Å². The third kappa shape index (κ3) is 1.54. The lowest BCUT2D eigenvalue weighted by atomic mass is 9.62. The van der Waals surface area contributed by atoms with E-state index in [1.807, 2.05) is 30.3 Å². The van der Waals surface area contributed by atoms with Gasteiger partial charge in [0.15, 0.2) is 0 Å². The fraction of sp³-hybridized carbons (Fsp3) is 0.188. The summed E-state index contributed by atoms with van der Waals surface area (Å²) in [6.07, 6.45) is 1.70. The second-order valence-electron chi connectivity index (χ2n) is 4.69. The Balaban J connectivity index is 1.96. The van der Waals surface area contributed by atoms with Gasteiger partial charge in [-0.15, -0.1) is 0 Å². The fourth-order valence-corrected chi connectivity index (χ4v) is 2.70. The summed E-state index contributed by atoms with van der Waals surface area (Å²) in [6, 6.07) is 21.1. The molecule has 17 heavy (non-hydrogen) atoms. The second kappa shape index (κ2) is 3.75. The summed E-state index contributed by atoms with van der Waals surface area (Å²) in [5.41, 5.74) is 3.48. The Kier molecular flexibility index (Phi) is 2.23. The van der Waals surface area contributed by atoms with Gasteiger partial charge in [0.25, 0.3) is 0 Å². The standard InChI is InChI=1S/C16H13N/c17-12-16(10-13-6-2-1-3-7-13)11-14-8-4-5-9-15(14)16/h1-9H,10-11H2/t16-/m1/s1. The lowest BCUT2D eigenvalue weighted by molar-refractivity contribution is 0.476. The lowest BCUT2D eigenvalue weighted by Gasteiger charge is -2.38. The molecular weight excluding hydrogens is 206 g/mol. The first kappa shape index (κ1) is 10.1. The van der Waals surface area contributed by atoms with Crippen molar-refractivity contribution in [2.24, 2.45) is 0 Å². The highest BCUT2D eigenvalue weighted by molar-refractivity contribution is 5.51. The van der Waals surface area contributed by atoms with Crippen molar-refractivity contribution in [1.29, 1.82) is 5.26 Å². The molecule has 0 saturated carbocycles. The summed E-state index contributed by atoms with van der Waals surface area (Å²) in [4.78, 5) is 0. The smallest absolute Gasteiger partial charge is 0.0905 e. The highest BCUT2D eigenvalue weighted by Gasteiger charge is 2.42. The van der Waals surface area contributed by atoms with Gasteiger partial charge < -0.3 is 0 Å². The van der Waals surface area contributed by atoms with Crippen molar-refractivity contribution in [3.8, 4) is 6.07 Å². The molecule has 2 aromatic rings. The highest BCUT2D eigenvalue weighted by atomic mass is 14.5. The van der Waals surface area contributed by atoms with E-state index in [1.54, 1.807) is 0 Å². The molecule has 0 heterocycles. The van der Waals surface area contributed by atoms with Gasteiger partial charge in [-0.2, -0.15) is 5.26 Å². The Morgan fingerprint density at radius 2 is 1.71 bits per heavy atom. The molecule has 0 fully saturated rings. The van der Waals surface area contributed by atoms with Crippen LogP contribution in [0, 0.1) is 11.3 Å². The van der Waals surface area contributed by atoms with Crippen LogP contribution in [-0.4, -0.2) is 0 Å². The monoisotopic (exact) mass is 219 g/mol. The number of benzene rings is 2. The van der Waals surface area contributed by atoms with Crippen molar-refractivity contribution >= 4 is 0 Å². The molecule has 0 spiro atoms. The molecule has 1 nitrogen and oxygen atoms in total. The molecule has 1 aliphatic rings. The molecule has 0 radical (unpaired) electrons. The first-order chi connectivity index (χ1) is 8.34. The van der Waals surface area contributed by atoms with Crippen molar-refractivity contribution in [2.45, 2.75) is 18.3 Å². The zero-order chi connectivity index (χ0) is 11.7. The first-order valence-corrected chi connectivity index (χ1v) is 5.88. The van der Waals surface area contributed by atoms with Gasteiger partial charge in [0.1, 0.15) is 0 Å². The maximum atomic E-state index is 9.49. The highest BCUT2D eigenvalue weighted by Crippen LogP contribution is 2.42. The van der Waals surface area contributed by atoms with Gasteiger partial charge >= 0.3 is 0 Å². The Morgan fingerprint density at radius 1 is 1.00 bits per heavy atom. The topological polar surface area (TPSA) is 23.8 Å². The van der Waals surface area contributed by atoms with Crippen LogP contribution in [0.3, 0.4) is 0 Å².